The van der Waals surface area contributed by atoms with Crippen molar-refractivity contribution >= 4 is 0 Å². The van der Waals surface area contributed by atoms with E-state index in [4.69, 9.17) is 0 Å². The van der Waals surface area contributed by atoms with Gasteiger partial charge in [-0.05, 0) is 73.2 Å². The van der Waals surface area contributed by atoms with Gasteiger partial charge < -0.3 is 4.90 Å². The lowest BCUT2D eigenvalue weighted by Crippen LogP contribution is -2.36. The Kier molecular flexibility index (Phi) is 6.24. The van der Waals surface area contributed by atoms with Crippen molar-refractivity contribution in [3.8, 4) is 0 Å². The second-order valence-corrected chi connectivity index (χ2v) is 6.97. The van der Waals surface area contributed by atoms with Crippen LogP contribution in [-0.2, 0) is 19.1 Å². The van der Waals surface area contributed by atoms with Crippen LogP contribution in [-0.4, -0.2) is 44.7 Å². The monoisotopic (exact) mass is 367 g/mol. The highest BCUT2D eigenvalue weighted by molar-refractivity contribution is 5.25. The highest BCUT2D eigenvalue weighted by Gasteiger charge is 2.30. The van der Waals surface area contributed by atoms with Crippen LogP contribution in [0, 0.1) is 5.92 Å². The predicted molar refractivity (Wildman–Crippen MR) is 91.4 cm³/mol. The number of alkyl halides is 3. The zero-order chi connectivity index (χ0) is 18.4. The lowest BCUT2D eigenvalue weighted by molar-refractivity contribution is -0.137. The van der Waals surface area contributed by atoms with Crippen LogP contribution in [0.3, 0.4) is 0 Å². The lowest BCUT2D eigenvalue weighted by Gasteiger charge is -2.32. The molecule has 0 aliphatic carbocycles. The molecule has 0 saturated carbocycles. The summed E-state index contributed by atoms with van der Waals surface area (Å²) < 4.78 is 40.2. The summed E-state index contributed by atoms with van der Waals surface area (Å²) in [5.74, 6) is 0.548. The summed E-state index contributed by atoms with van der Waals surface area (Å²) in [4.78, 5) is 2.45. The molecule has 142 valence electrons. The first-order chi connectivity index (χ1) is 12.5. The van der Waals surface area contributed by atoms with E-state index in [1.54, 1.807) is 17.1 Å². The van der Waals surface area contributed by atoms with Crippen molar-refractivity contribution in [3.05, 3.63) is 41.7 Å². The summed E-state index contributed by atoms with van der Waals surface area (Å²) in [5, 5.41) is 11.1. The maximum absolute atomic E-state index is 12.8. The van der Waals surface area contributed by atoms with Crippen molar-refractivity contribution in [2.45, 2.75) is 44.8 Å². The summed E-state index contributed by atoms with van der Waals surface area (Å²) in [6.45, 7) is 3.92. The third-order valence-corrected chi connectivity index (χ3v) is 4.95. The number of aryl methyl sites for hydroxylation is 2. The molecule has 26 heavy (non-hydrogen) atoms. The Bertz CT molecular complexity index is 672. The molecule has 1 atom stereocenters. The number of halogens is 3. The average Bonchev–Trinajstić information content (AvgIpc) is 3.13. The molecule has 0 radical (unpaired) electrons. The summed E-state index contributed by atoms with van der Waals surface area (Å²) in [6, 6.07) is 5.72. The van der Waals surface area contributed by atoms with Crippen LogP contribution >= 0.6 is 0 Å². The maximum Gasteiger partial charge on any atom is 0.416 e. The molecule has 1 aliphatic heterocycles. The molecule has 1 unspecified atom stereocenters. The van der Waals surface area contributed by atoms with E-state index in [9.17, 15) is 13.2 Å². The van der Waals surface area contributed by atoms with Gasteiger partial charge >= 0.3 is 6.18 Å². The number of aromatic nitrogens is 4. The molecule has 1 aromatic heterocycles. The molecule has 5 nitrogen and oxygen atoms in total. The molecule has 1 fully saturated rings. The van der Waals surface area contributed by atoms with Crippen LogP contribution in [0.1, 0.15) is 36.8 Å². The van der Waals surface area contributed by atoms with Gasteiger partial charge in [0.25, 0.3) is 0 Å². The zero-order valence-corrected chi connectivity index (χ0v) is 14.7. The second-order valence-electron chi connectivity index (χ2n) is 6.97. The Morgan fingerprint density at radius 3 is 2.85 bits per heavy atom. The predicted octanol–water partition coefficient (Wildman–Crippen LogP) is 3.43. The number of rotatable bonds is 7. The Morgan fingerprint density at radius 1 is 1.19 bits per heavy atom. The zero-order valence-electron chi connectivity index (χ0n) is 14.7. The van der Waals surface area contributed by atoms with E-state index in [-0.39, 0.29) is 0 Å². The molecule has 1 aliphatic rings. The van der Waals surface area contributed by atoms with Crippen LogP contribution in [0.5, 0.6) is 0 Å². The minimum Gasteiger partial charge on any atom is -0.303 e. The standard InChI is InChI=1S/C18H24F3N5/c19-18(20,21)17-6-1-4-15(12-17)7-8-16-5-2-9-25(13-16)10-3-11-26-14-22-23-24-26/h1,4,6,12,14,16H,2-3,5,7-11,13H2. The molecule has 8 heteroatoms. The fraction of sp³-hybridized carbons (Fsp3) is 0.611. The van der Waals surface area contributed by atoms with E-state index in [1.807, 2.05) is 0 Å². The number of hydrogen-bond acceptors (Lipinski definition) is 4. The van der Waals surface area contributed by atoms with Gasteiger partial charge in [-0.3, -0.25) is 0 Å². The van der Waals surface area contributed by atoms with Crippen molar-refractivity contribution in [1.29, 1.82) is 0 Å². The van der Waals surface area contributed by atoms with Gasteiger partial charge in [-0.2, -0.15) is 13.2 Å². The minimum atomic E-state index is -4.27. The molecule has 2 aromatic rings. The van der Waals surface area contributed by atoms with Gasteiger partial charge in [-0.15, -0.1) is 5.10 Å². The van der Waals surface area contributed by atoms with Crippen LogP contribution in [0.25, 0.3) is 0 Å². The molecular formula is C18H24F3N5. The molecular weight excluding hydrogens is 343 g/mol. The number of tetrazole rings is 1. The number of piperidine rings is 1. The van der Waals surface area contributed by atoms with Crippen LogP contribution in [0.15, 0.2) is 30.6 Å². The van der Waals surface area contributed by atoms with E-state index in [2.05, 4.69) is 20.4 Å². The molecule has 0 spiro atoms. The first-order valence-corrected chi connectivity index (χ1v) is 9.10. The van der Waals surface area contributed by atoms with Crippen molar-refractivity contribution in [3.63, 3.8) is 0 Å². The second kappa shape index (κ2) is 8.62. The Labute approximate surface area is 151 Å². The average molecular weight is 367 g/mol. The summed E-state index contributed by atoms with van der Waals surface area (Å²) in [5.41, 5.74) is 0.221. The van der Waals surface area contributed by atoms with Gasteiger partial charge in [-0.25, -0.2) is 4.68 Å². The molecule has 0 N–H and O–H groups in total. The first kappa shape index (κ1) is 18.8. The quantitative estimate of drug-likeness (QED) is 0.752. The van der Waals surface area contributed by atoms with Crippen molar-refractivity contribution < 1.29 is 13.2 Å². The third kappa shape index (κ3) is 5.52. The largest absolute Gasteiger partial charge is 0.416 e. The van der Waals surface area contributed by atoms with E-state index in [0.29, 0.717) is 12.3 Å². The molecule has 0 bridgehead atoms. The van der Waals surface area contributed by atoms with E-state index in [1.165, 1.54) is 12.1 Å². The highest BCUT2D eigenvalue weighted by Crippen LogP contribution is 2.30. The third-order valence-electron chi connectivity index (χ3n) is 4.95. The van der Waals surface area contributed by atoms with Crippen molar-refractivity contribution in [2.75, 3.05) is 19.6 Å². The summed E-state index contributed by atoms with van der Waals surface area (Å²) in [7, 11) is 0. The summed E-state index contributed by atoms with van der Waals surface area (Å²) >= 11 is 0. The Balaban J connectivity index is 1.43. The Morgan fingerprint density at radius 2 is 2.08 bits per heavy atom. The molecule has 1 aromatic carbocycles. The number of likely N-dealkylation sites (tertiary alicyclic amines) is 1. The molecule has 1 saturated heterocycles. The van der Waals surface area contributed by atoms with Crippen LogP contribution in [0.4, 0.5) is 13.2 Å². The number of nitrogens with zero attached hydrogens (tertiary/aromatic N) is 5. The van der Waals surface area contributed by atoms with Gasteiger partial charge in [0.15, 0.2) is 0 Å². The summed E-state index contributed by atoms with van der Waals surface area (Å²) in [6.07, 6.45) is 2.29. The topological polar surface area (TPSA) is 46.8 Å². The molecule has 3 rings (SSSR count). The normalized spacial score (nSPS) is 19.0. The van der Waals surface area contributed by atoms with E-state index < -0.39 is 11.7 Å². The molecule has 2 heterocycles. The minimum absolute atomic E-state index is 0.548. The Hall–Kier alpha value is -1.96. The van der Waals surface area contributed by atoms with E-state index >= 15 is 0 Å². The smallest absolute Gasteiger partial charge is 0.303 e. The van der Waals surface area contributed by atoms with Crippen LogP contribution in [0.2, 0.25) is 0 Å². The number of hydrogen-bond donors (Lipinski definition) is 0. The SMILES string of the molecule is FC(F)(F)c1cccc(CCC2CCCN(CCCn3cnnn3)C2)c1. The van der Waals surface area contributed by atoms with Gasteiger partial charge in [0, 0.05) is 13.1 Å². The lowest BCUT2D eigenvalue weighted by atomic mass is 9.91. The fourth-order valence-electron chi connectivity index (χ4n) is 3.60. The maximum atomic E-state index is 12.8. The molecule has 0 amide bonds. The van der Waals surface area contributed by atoms with Gasteiger partial charge in [0.2, 0.25) is 0 Å². The highest BCUT2D eigenvalue weighted by atomic mass is 19.4. The van der Waals surface area contributed by atoms with Crippen LogP contribution < -0.4 is 0 Å². The van der Waals surface area contributed by atoms with Crippen molar-refractivity contribution in [1.82, 2.24) is 25.1 Å². The fourth-order valence-corrected chi connectivity index (χ4v) is 3.60. The van der Waals surface area contributed by atoms with Crippen molar-refractivity contribution in [2.24, 2.45) is 5.92 Å². The number of benzene rings is 1. The van der Waals surface area contributed by atoms with Gasteiger partial charge in [0.05, 0.1) is 5.56 Å². The van der Waals surface area contributed by atoms with Gasteiger partial charge in [0.1, 0.15) is 6.33 Å². The van der Waals surface area contributed by atoms with Gasteiger partial charge in [-0.1, -0.05) is 18.2 Å². The van der Waals surface area contributed by atoms with E-state index in [0.717, 1.165) is 63.5 Å². The first-order valence-electron chi connectivity index (χ1n) is 9.10.